The van der Waals surface area contributed by atoms with Gasteiger partial charge in [-0.15, -0.1) is 23.1 Å². The van der Waals surface area contributed by atoms with Crippen LogP contribution < -0.4 is 10.1 Å². The molecule has 6 nitrogen and oxygen atoms in total. The highest BCUT2D eigenvalue weighted by Gasteiger charge is 2.26. The topological polar surface area (TPSA) is 71.5 Å². The van der Waals surface area contributed by atoms with Gasteiger partial charge < -0.3 is 15.0 Å². The number of aromatic nitrogens is 1. The number of nitrogens with one attached hydrogen (secondary N) is 1. The molecule has 1 saturated heterocycles. The summed E-state index contributed by atoms with van der Waals surface area (Å²) in [6.07, 6.45) is 4.15. The smallest absolute Gasteiger partial charge is 0.275 e. The number of hydrogen-bond acceptors (Lipinski definition) is 6. The number of piperidine rings is 1. The van der Waals surface area contributed by atoms with Crippen LogP contribution >= 0.6 is 34.7 Å². The van der Waals surface area contributed by atoms with Crippen LogP contribution in [0.2, 0.25) is 5.02 Å². The molecule has 0 unspecified atom stereocenters. The number of hydrogen-bond donors (Lipinski definition) is 1. The number of nitrogens with zero attached hydrogens (tertiary/aromatic N) is 2. The predicted molar refractivity (Wildman–Crippen MR) is 139 cm³/mol. The zero-order valence-corrected chi connectivity index (χ0v) is 21.4. The molecule has 3 aromatic rings. The van der Waals surface area contributed by atoms with Gasteiger partial charge in [-0.3, -0.25) is 9.59 Å². The standard InChI is InChI=1S/C25H26ClN3O3S2/c1-32-22-8-5-18(26)14-20(22)27-24(31)21-15-34-25(28-21)17-9-11-29(12-10-17)23(30)13-16-3-6-19(33-2)7-4-16/h3-8,14-15,17H,9-13H2,1-2H3,(H,27,31). The fraction of sp³-hybridized carbons (Fsp3) is 0.320. The molecular formula is C25H26ClN3O3S2. The lowest BCUT2D eigenvalue weighted by Gasteiger charge is -2.31. The van der Waals surface area contributed by atoms with Gasteiger partial charge in [-0.25, -0.2) is 4.98 Å². The monoisotopic (exact) mass is 515 g/mol. The van der Waals surface area contributed by atoms with Crippen molar-refractivity contribution in [1.29, 1.82) is 0 Å². The summed E-state index contributed by atoms with van der Waals surface area (Å²) in [5.41, 5.74) is 1.91. The van der Waals surface area contributed by atoms with Crippen molar-refractivity contribution >= 4 is 52.2 Å². The van der Waals surface area contributed by atoms with E-state index < -0.39 is 0 Å². The minimum Gasteiger partial charge on any atom is -0.495 e. The highest BCUT2D eigenvalue weighted by atomic mass is 35.5. The summed E-state index contributed by atoms with van der Waals surface area (Å²) >= 11 is 9.23. The minimum absolute atomic E-state index is 0.157. The number of benzene rings is 2. The van der Waals surface area contributed by atoms with E-state index in [0.29, 0.717) is 41.7 Å². The number of rotatable bonds is 7. The van der Waals surface area contributed by atoms with E-state index in [4.69, 9.17) is 16.3 Å². The van der Waals surface area contributed by atoms with Gasteiger partial charge in [0.2, 0.25) is 5.91 Å². The third-order valence-electron chi connectivity index (χ3n) is 5.88. The van der Waals surface area contributed by atoms with Crippen LogP contribution in [0.3, 0.4) is 0 Å². The number of thioether (sulfide) groups is 1. The zero-order chi connectivity index (χ0) is 24.1. The first kappa shape index (κ1) is 24.6. The number of ether oxygens (including phenoxy) is 1. The van der Waals surface area contributed by atoms with Crippen LogP contribution in [-0.4, -0.2) is 48.2 Å². The molecule has 1 fully saturated rings. The Kier molecular flexibility index (Phi) is 8.13. The summed E-state index contributed by atoms with van der Waals surface area (Å²) in [6, 6.07) is 13.2. The Morgan fingerprint density at radius 1 is 1.21 bits per heavy atom. The fourth-order valence-corrected chi connectivity index (χ4v) is 5.50. The Morgan fingerprint density at radius 2 is 1.94 bits per heavy atom. The van der Waals surface area contributed by atoms with Gasteiger partial charge in [0.1, 0.15) is 11.4 Å². The van der Waals surface area contributed by atoms with E-state index in [0.717, 1.165) is 23.4 Å². The molecule has 0 spiro atoms. The molecule has 1 aliphatic heterocycles. The van der Waals surface area contributed by atoms with Crippen molar-refractivity contribution in [2.75, 3.05) is 31.8 Å². The summed E-state index contributed by atoms with van der Waals surface area (Å²) in [5, 5.41) is 6.04. The van der Waals surface area contributed by atoms with Gasteiger partial charge in [0.15, 0.2) is 0 Å². The van der Waals surface area contributed by atoms with E-state index in [1.54, 1.807) is 35.3 Å². The summed E-state index contributed by atoms with van der Waals surface area (Å²) in [4.78, 5) is 33.2. The Balaban J connectivity index is 1.32. The summed E-state index contributed by atoms with van der Waals surface area (Å²) in [7, 11) is 1.54. The molecule has 2 heterocycles. The number of amides is 2. The maximum absolute atomic E-state index is 12.7. The quantitative estimate of drug-likeness (QED) is 0.407. The lowest BCUT2D eigenvalue weighted by atomic mass is 9.97. The Hall–Kier alpha value is -2.55. The van der Waals surface area contributed by atoms with E-state index in [-0.39, 0.29) is 17.7 Å². The molecule has 1 N–H and O–H groups in total. The van der Waals surface area contributed by atoms with Crippen LogP contribution in [0, 0.1) is 0 Å². The Bertz CT molecular complexity index is 1160. The van der Waals surface area contributed by atoms with Crippen LogP contribution in [0.25, 0.3) is 0 Å². The molecule has 9 heteroatoms. The molecule has 0 radical (unpaired) electrons. The largest absolute Gasteiger partial charge is 0.495 e. The number of halogens is 1. The van der Waals surface area contributed by atoms with Crippen molar-refractivity contribution in [2.45, 2.75) is 30.1 Å². The molecule has 0 bridgehead atoms. The molecule has 1 aliphatic rings. The van der Waals surface area contributed by atoms with Gasteiger partial charge >= 0.3 is 0 Å². The fourth-order valence-electron chi connectivity index (χ4n) is 3.95. The van der Waals surface area contributed by atoms with Crippen molar-refractivity contribution in [2.24, 2.45) is 0 Å². The summed E-state index contributed by atoms with van der Waals surface area (Å²) < 4.78 is 5.29. The second-order valence-corrected chi connectivity index (χ2v) is 10.3. The first-order valence-electron chi connectivity index (χ1n) is 11.0. The molecule has 0 aliphatic carbocycles. The van der Waals surface area contributed by atoms with Crippen LogP contribution in [-0.2, 0) is 11.2 Å². The number of carbonyl (C=O) groups excluding carboxylic acids is 2. The van der Waals surface area contributed by atoms with Crippen molar-refractivity contribution in [3.8, 4) is 5.75 Å². The van der Waals surface area contributed by atoms with Crippen LogP contribution in [0.4, 0.5) is 5.69 Å². The van der Waals surface area contributed by atoms with Crippen molar-refractivity contribution < 1.29 is 14.3 Å². The molecule has 0 atom stereocenters. The van der Waals surface area contributed by atoms with Gasteiger partial charge in [0.05, 0.1) is 24.2 Å². The lowest BCUT2D eigenvalue weighted by Crippen LogP contribution is -2.38. The lowest BCUT2D eigenvalue weighted by molar-refractivity contribution is -0.131. The Labute approximate surface area is 212 Å². The molecular weight excluding hydrogens is 490 g/mol. The van der Waals surface area contributed by atoms with Crippen LogP contribution in [0.5, 0.6) is 5.75 Å². The first-order chi connectivity index (χ1) is 16.5. The highest BCUT2D eigenvalue weighted by Crippen LogP contribution is 2.32. The second kappa shape index (κ2) is 11.3. The van der Waals surface area contributed by atoms with Crippen LogP contribution in [0.1, 0.15) is 39.8 Å². The van der Waals surface area contributed by atoms with Crippen LogP contribution in [0.15, 0.2) is 52.7 Å². The van der Waals surface area contributed by atoms with E-state index >= 15 is 0 Å². The first-order valence-corrected chi connectivity index (χ1v) is 13.5. The van der Waals surface area contributed by atoms with Gasteiger partial charge in [-0.05, 0) is 55.0 Å². The normalized spacial score (nSPS) is 14.1. The molecule has 34 heavy (non-hydrogen) atoms. The predicted octanol–water partition coefficient (Wildman–Crippen LogP) is 5.73. The highest BCUT2D eigenvalue weighted by molar-refractivity contribution is 7.98. The average molecular weight is 516 g/mol. The number of anilines is 1. The Morgan fingerprint density at radius 3 is 2.62 bits per heavy atom. The van der Waals surface area contributed by atoms with Gasteiger partial charge in [0.25, 0.3) is 5.91 Å². The van der Waals surface area contributed by atoms with E-state index in [1.807, 2.05) is 23.3 Å². The third kappa shape index (κ3) is 5.92. The number of methoxy groups -OCH3 is 1. The summed E-state index contributed by atoms with van der Waals surface area (Å²) in [6.45, 7) is 1.40. The van der Waals surface area contributed by atoms with Gasteiger partial charge in [-0.2, -0.15) is 0 Å². The number of thiazole rings is 1. The SMILES string of the molecule is COc1ccc(Cl)cc1NC(=O)c1csc(C2CCN(C(=O)Cc3ccc(SC)cc3)CC2)n1. The van der Waals surface area contributed by atoms with E-state index in [2.05, 4.69) is 22.4 Å². The van der Waals surface area contributed by atoms with E-state index in [1.165, 1.54) is 23.3 Å². The van der Waals surface area contributed by atoms with Crippen molar-refractivity contribution in [3.05, 3.63) is 69.1 Å². The molecule has 178 valence electrons. The maximum Gasteiger partial charge on any atom is 0.275 e. The third-order valence-corrected chi connectivity index (χ3v) is 7.86. The number of likely N-dealkylation sites (tertiary alicyclic amines) is 1. The zero-order valence-electron chi connectivity index (χ0n) is 19.0. The molecule has 1 aromatic heterocycles. The van der Waals surface area contributed by atoms with Gasteiger partial charge in [0, 0.05) is 34.3 Å². The van der Waals surface area contributed by atoms with E-state index in [9.17, 15) is 9.59 Å². The van der Waals surface area contributed by atoms with Crippen molar-refractivity contribution in [3.63, 3.8) is 0 Å². The van der Waals surface area contributed by atoms with Crippen molar-refractivity contribution in [1.82, 2.24) is 9.88 Å². The molecule has 2 amide bonds. The second-order valence-electron chi connectivity index (χ2n) is 8.05. The molecule has 0 saturated carbocycles. The average Bonchev–Trinajstić information content (AvgIpc) is 3.35. The summed E-state index contributed by atoms with van der Waals surface area (Å²) in [5.74, 6) is 0.635. The minimum atomic E-state index is -0.303. The number of carbonyl (C=O) groups is 2. The molecule has 4 rings (SSSR count). The van der Waals surface area contributed by atoms with Gasteiger partial charge in [-0.1, -0.05) is 23.7 Å². The molecule has 2 aromatic carbocycles. The maximum atomic E-state index is 12.7.